The maximum atomic E-state index is 4.86. The molecule has 0 aliphatic heterocycles. The normalized spacial score (nSPS) is 11.6. The Kier molecular flexibility index (Phi) is 3.19. The van der Waals surface area contributed by atoms with Crippen molar-refractivity contribution in [3.8, 4) is 28.5 Å². The standard InChI is InChI=1S/C20H15N9/c1-11-9-29(10-22-11)17-4-2-3-14-19(17)26-20(25-14)18-13-5-15(12-6-23-24-7-12)21-8-16(13)27-28-18/h2-10H,1H3,(H,23,24)(H,25,26)(H,27,28). The van der Waals surface area contributed by atoms with Crippen LogP contribution >= 0.6 is 0 Å². The smallest absolute Gasteiger partial charge is 0.159 e. The van der Waals surface area contributed by atoms with Gasteiger partial charge in [0.2, 0.25) is 0 Å². The van der Waals surface area contributed by atoms with Crippen molar-refractivity contribution in [1.82, 2.24) is 44.9 Å². The van der Waals surface area contributed by atoms with Crippen LogP contribution in [0.4, 0.5) is 0 Å². The van der Waals surface area contributed by atoms with E-state index in [-0.39, 0.29) is 0 Å². The van der Waals surface area contributed by atoms with Gasteiger partial charge in [0.05, 0.1) is 46.8 Å². The third kappa shape index (κ3) is 2.44. The molecule has 0 saturated carbocycles. The summed E-state index contributed by atoms with van der Waals surface area (Å²) in [6, 6.07) is 8.02. The Bertz CT molecular complexity index is 1470. The summed E-state index contributed by atoms with van der Waals surface area (Å²) in [5.74, 6) is 0.694. The molecule has 9 heteroatoms. The summed E-state index contributed by atoms with van der Waals surface area (Å²) in [4.78, 5) is 17.1. The van der Waals surface area contributed by atoms with Gasteiger partial charge in [-0.05, 0) is 25.1 Å². The third-order valence-electron chi connectivity index (χ3n) is 4.95. The minimum atomic E-state index is 0.694. The highest BCUT2D eigenvalue weighted by Crippen LogP contribution is 2.30. The van der Waals surface area contributed by atoms with Crippen molar-refractivity contribution in [3.05, 3.63) is 61.1 Å². The van der Waals surface area contributed by atoms with Crippen LogP contribution in [-0.4, -0.2) is 44.9 Å². The summed E-state index contributed by atoms with van der Waals surface area (Å²) in [7, 11) is 0. The van der Waals surface area contributed by atoms with Gasteiger partial charge in [-0.15, -0.1) is 0 Å². The Balaban J connectivity index is 1.53. The average Bonchev–Trinajstić information content (AvgIpc) is 3.51. The van der Waals surface area contributed by atoms with Crippen LogP contribution in [-0.2, 0) is 0 Å². The molecule has 0 saturated heterocycles. The van der Waals surface area contributed by atoms with Crippen LogP contribution < -0.4 is 0 Å². The van der Waals surface area contributed by atoms with Crippen LogP contribution in [0.5, 0.6) is 0 Å². The maximum absolute atomic E-state index is 4.86. The number of aromatic nitrogens is 9. The molecule has 1 aromatic carbocycles. The average molecular weight is 381 g/mol. The number of nitrogens with zero attached hydrogens (tertiary/aromatic N) is 6. The molecule has 0 amide bonds. The molecule has 140 valence electrons. The molecule has 9 nitrogen and oxygen atoms in total. The van der Waals surface area contributed by atoms with Gasteiger partial charge in [0.15, 0.2) is 5.82 Å². The van der Waals surface area contributed by atoms with E-state index in [0.29, 0.717) is 5.82 Å². The van der Waals surface area contributed by atoms with Crippen LogP contribution in [0.25, 0.3) is 50.4 Å². The number of imidazole rings is 2. The summed E-state index contributed by atoms with van der Waals surface area (Å²) in [5.41, 5.74) is 7.04. The Morgan fingerprint density at radius 1 is 1.07 bits per heavy atom. The number of fused-ring (bicyclic) bond motifs is 2. The van der Waals surface area contributed by atoms with Gasteiger partial charge in [0.1, 0.15) is 11.2 Å². The molecule has 0 bridgehead atoms. The van der Waals surface area contributed by atoms with Crippen LogP contribution in [0, 0.1) is 6.92 Å². The largest absolute Gasteiger partial charge is 0.336 e. The number of para-hydroxylation sites is 1. The number of hydrogen-bond donors (Lipinski definition) is 3. The van der Waals surface area contributed by atoms with E-state index in [1.165, 1.54) is 0 Å². The number of nitrogens with one attached hydrogen (secondary N) is 3. The number of aromatic amines is 3. The summed E-state index contributed by atoms with van der Waals surface area (Å²) in [5, 5.41) is 15.3. The molecule has 0 atom stereocenters. The molecule has 0 fully saturated rings. The predicted octanol–water partition coefficient (Wildman–Crippen LogP) is 3.39. The Hall–Kier alpha value is -4.27. The fourth-order valence-corrected chi connectivity index (χ4v) is 3.54. The van der Waals surface area contributed by atoms with Crippen molar-refractivity contribution in [2.24, 2.45) is 0 Å². The second-order valence-electron chi connectivity index (χ2n) is 6.86. The highest BCUT2D eigenvalue weighted by atomic mass is 15.1. The van der Waals surface area contributed by atoms with Gasteiger partial charge in [0.25, 0.3) is 0 Å². The molecule has 0 spiro atoms. The van der Waals surface area contributed by atoms with E-state index in [0.717, 1.165) is 50.3 Å². The Morgan fingerprint density at radius 2 is 2.03 bits per heavy atom. The van der Waals surface area contributed by atoms with Crippen molar-refractivity contribution < 1.29 is 0 Å². The third-order valence-corrected chi connectivity index (χ3v) is 4.95. The van der Waals surface area contributed by atoms with E-state index in [1.54, 1.807) is 18.7 Å². The fraction of sp³-hybridized carbons (Fsp3) is 0.0500. The number of aryl methyl sites for hydroxylation is 1. The van der Waals surface area contributed by atoms with E-state index in [2.05, 4.69) is 35.3 Å². The van der Waals surface area contributed by atoms with Gasteiger partial charge >= 0.3 is 0 Å². The summed E-state index contributed by atoms with van der Waals surface area (Å²) in [6.45, 7) is 1.97. The van der Waals surface area contributed by atoms with Gasteiger partial charge in [-0.3, -0.25) is 15.2 Å². The van der Waals surface area contributed by atoms with Crippen LogP contribution in [0.3, 0.4) is 0 Å². The highest BCUT2D eigenvalue weighted by Gasteiger charge is 2.16. The zero-order chi connectivity index (χ0) is 19.4. The van der Waals surface area contributed by atoms with E-state index in [9.17, 15) is 0 Å². The molecule has 29 heavy (non-hydrogen) atoms. The van der Waals surface area contributed by atoms with E-state index >= 15 is 0 Å². The van der Waals surface area contributed by atoms with Gasteiger partial charge in [-0.2, -0.15) is 10.2 Å². The van der Waals surface area contributed by atoms with Crippen molar-refractivity contribution in [1.29, 1.82) is 0 Å². The SMILES string of the molecule is Cc1cn(-c2cccc3[nH]c(-c4n[nH]c5cnc(-c6cn[nH]c6)cc45)nc23)cn1. The minimum Gasteiger partial charge on any atom is -0.336 e. The zero-order valence-electron chi connectivity index (χ0n) is 15.4. The first-order valence-corrected chi connectivity index (χ1v) is 9.09. The van der Waals surface area contributed by atoms with Crippen molar-refractivity contribution in [3.63, 3.8) is 0 Å². The number of pyridine rings is 1. The molecule has 0 aliphatic rings. The lowest BCUT2D eigenvalue weighted by molar-refractivity contribution is 1.06. The molecular weight excluding hydrogens is 366 g/mol. The first-order valence-electron chi connectivity index (χ1n) is 9.09. The molecule has 5 aromatic heterocycles. The Morgan fingerprint density at radius 3 is 2.86 bits per heavy atom. The molecule has 0 unspecified atom stereocenters. The van der Waals surface area contributed by atoms with Gasteiger partial charge in [0, 0.05) is 23.3 Å². The van der Waals surface area contributed by atoms with Crippen LogP contribution in [0.1, 0.15) is 5.69 Å². The molecule has 5 heterocycles. The number of hydrogen-bond acceptors (Lipinski definition) is 5. The maximum Gasteiger partial charge on any atom is 0.159 e. The molecule has 0 radical (unpaired) electrons. The molecule has 6 rings (SSSR count). The number of rotatable bonds is 3. The summed E-state index contributed by atoms with van der Waals surface area (Å²) in [6.07, 6.45) is 9.11. The van der Waals surface area contributed by atoms with E-state index in [4.69, 9.17) is 4.98 Å². The molecule has 6 aromatic rings. The summed E-state index contributed by atoms with van der Waals surface area (Å²) >= 11 is 0. The lowest BCUT2D eigenvalue weighted by atomic mass is 10.1. The number of benzene rings is 1. The van der Waals surface area contributed by atoms with Crippen LogP contribution in [0.15, 0.2) is 55.4 Å². The van der Waals surface area contributed by atoms with Crippen molar-refractivity contribution in [2.45, 2.75) is 6.92 Å². The lowest BCUT2D eigenvalue weighted by Gasteiger charge is -2.01. The second-order valence-corrected chi connectivity index (χ2v) is 6.86. The topological polar surface area (TPSA) is 117 Å². The monoisotopic (exact) mass is 381 g/mol. The predicted molar refractivity (Wildman–Crippen MR) is 108 cm³/mol. The second kappa shape index (κ2) is 5.86. The quantitative estimate of drug-likeness (QED) is 0.434. The summed E-state index contributed by atoms with van der Waals surface area (Å²) < 4.78 is 1.98. The van der Waals surface area contributed by atoms with E-state index < -0.39 is 0 Å². The minimum absolute atomic E-state index is 0.694. The van der Waals surface area contributed by atoms with Crippen LogP contribution in [0.2, 0.25) is 0 Å². The van der Waals surface area contributed by atoms with Gasteiger partial charge < -0.3 is 9.55 Å². The first kappa shape index (κ1) is 15.8. The van der Waals surface area contributed by atoms with Crippen molar-refractivity contribution in [2.75, 3.05) is 0 Å². The van der Waals surface area contributed by atoms with Gasteiger partial charge in [-0.1, -0.05) is 6.07 Å². The van der Waals surface area contributed by atoms with E-state index in [1.807, 2.05) is 48.1 Å². The Labute approximate surface area is 163 Å². The van der Waals surface area contributed by atoms with Crippen molar-refractivity contribution >= 4 is 21.9 Å². The highest BCUT2D eigenvalue weighted by molar-refractivity contribution is 5.95. The molecular formula is C20H15N9. The number of H-pyrrole nitrogens is 3. The lowest BCUT2D eigenvalue weighted by Crippen LogP contribution is -1.91. The molecule has 0 aliphatic carbocycles. The molecule has 3 N–H and O–H groups in total. The first-order chi connectivity index (χ1) is 14.3. The van der Waals surface area contributed by atoms with Gasteiger partial charge in [-0.25, -0.2) is 9.97 Å². The zero-order valence-corrected chi connectivity index (χ0v) is 15.4. The fourth-order valence-electron chi connectivity index (χ4n) is 3.54.